The first-order valence-corrected chi connectivity index (χ1v) is 12.3. The molecule has 0 saturated carbocycles. The van der Waals surface area contributed by atoms with Crippen molar-refractivity contribution in [3.8, 4) is 0 Å². The van der Waals surface area contributed by atoms with Crippen LogP contribution in [0, 0.1) is 5.92 Å². The van der Waals surface area contributed by atoms with Gasteiger partial charge in [0.1, 0.15) is 0 Å². The zero-order valence-corrected chi connectivity index (χ0v) is 19.6. The lowest BCUT2D eigenvalue weighted by molar-refractivity contribution is -0.136. The van der Waals surface area contributed by atoms with E-state index in [1.165, 1.54) is 4.90 Å². The van der Waals surface area contributed by atoms with Crippen molar-refractivity contribution in [1.82, 2.24) is 20.1 Å². The number of likely N-dealkylation sites (tertiary alicyclic amines) is 1. The van der Waals surface area contributed by atoms with Crippen LogP contribution in [0.2, 0.25) is 0 Å². The molecule has 3 aliphatic heterocycles. The molecule has 1 aromatic heterocycles. The number of nitrogens with zero attached hydrogens (tertiary/aromatic N) is 3. The smallest absolute Gasteiger partial charge is 0.325 e. The lowest BCUT2D eigenvalue weighted by atomic mass is 9.75. The molecule has 4 amide bonds. The molecule has 182 valence electrons. The summed E-state index contributed by atoms with van der Waals surface area (Å²) in [6, 6.07) is 14.7. The Morgan fingerprint density at radius 3 is 2.54 bits per heavy atom. The number of hydrogen-bond acceptors (Lipinski definition) is 5. The molecule has 35 heavy (non-hydrogen) atoms. The first kappa shape index (κ1) is 23.2. The highest BCUT2D eigenvalue weighted by Gasteiger charge is 2.58. The van der Waals surface area contributed by atoms with Crippen molar-refractivity contribution in [2.45, 2.75) is 37.3 Å². The van der Waals surface area contributed by atoms with Gasteiger partial charge in [0.05, 0.1) is 18.3 Å². The van der Waals surface area contributed by atoms with E-state index in [1.54, 1.807) is 29.3 Å². The monoisotopic (exact) mass is 474 g/mol. The van der Waals surface area contributed by atoms with Gasteiger partial charge in [-0.3, -0.25) is 19.5 Å². The Kier molecular flexibility index (Phi) is 6.63. The second-order valence-corrected chi connectivity index (χ2v) is 9.35. The fourth-order valence-electron chi connectivity index (χ4n) is 5.38. The Bertz CT molecular complexity index is 1090. The van der Waals surface area contributed by atoms with Gasteiger partial charge in [-0.1, -0.05) is 36.4 Å². The zero-order chi connectivity index (χ0) is 24.3. The summed E-state index contributed by atoms with van der Waals surface area (Å²) in [6.45, 7) is 1.92. The summed E-state index contributed by atoms with van der Waals surface area (Å²) in [7, 11) is 0. The summed E-state index contributed by atoms with van der Waals surface area (Å²) < 4.78 is 5.69. The Balaban J connectivity index is 1.33. The van der Waals surface area contributed by atoms with Gasteiger partial charge in [-0.25, -0.2) is 4.79 Å². The van der Waals surface area contributed by atoms with Gasteiger partial charge in [0.25, 0.3) is 5.91 Å². The van der Waals surface area contributed by atoms with Crippen molar-refractivity contribution in [1.29, 1.82) is 0 Å². The van der Waals surface area contributed by atoms with Crippen molar-refractivity contribution in [2.24, 2.45) is 5.92 Å². The summed E-state index contributed by atoms with van der Waals surface area (Å²) >= 11 is 0. The lowest BCUT2D eigenvalue weighted by Crippen LogP contribution is -2.54. The number of amides is 4. The molecular weight excluding hydrogens is 444 g/mol. The number of urea groups is 1. The van der Waals surface area contributed by atoms with Gasteiger partial charge in [0, 0.05) is 37.9 Å². The zero-order valence-electron chi connectivity index (χ0n) is 19.6. The molecule has 8 heteroatoms. The van der Waals surface area contributed by atoms with Gasteiger partial charge in [0.2, 0.25) is 5.91 Å². The Hall–Kier alpha value is -3.52. The average Bonchev–Trinajstić information content (AvgIpc) is 3.51. The minimum absolute atomic E-state index is 0.0546. The minimum atomic E-state index is -1.23. The molecule has 5 rings (SSSR count). The molecule has 0 bridgehead atoms. The van der Waals surface area contributed by atoms with E-state index in [0.717, 1.165) is 18.4 Å². The van der Waals surface area contributed by atoms with E-state index in [0.29, 0.717) is 38.2 Å². The van der Waals surface area contributed by atoms with Crippen molar-refractivity contribution < 1.29 is 19.1 Å². The largest absolute Gasteiger partial charge is 0.376 e. The highest BCUT2D eigenvalue weighted by molar-refractivity contribution is 6.07. The number of ether oxygens (including phenoxy) is 1. The number of benzene rings is 1. The maximum Gasteiger partial charge on any atom is 0.325 e. The highest BCUT2D eigenvalue weighted by atomic mass is 16.5. The summed E-state index contributed by atoms with van der Waals surface area (Å²) in [6.07, 6.45) is 7.87. The van der Waals surface area contributed by atoms with Gasteiger partial charge < -0.3 is 15.0 Å². The fourth-order valence-corrected chi connectivity index (χ4v) is 5.38. The van der Waals surface area contributed by atoms with E-state index >= 15 is 0 Å². The topological polar surface area (TPSA) is 91.8 Å². The molecule has 1 aromatic carbocycles. The first-order chi connectivity index (χ1) is 17.1. The molecule has 3 fully saturated rings. The van der Waals surface area contributed by atoms with Crippen LogP contribution < -0.4 is 5.32 Å². The Morgan fingerprint density at radius 2 is 1.86 bits per heavy atom. The molecule has 0 spiro atoms. The quantitative estimate of drug-likeness (QED) is 0.513. The summed E-state index contributed by atoms with van der Waals surface area (Å²) in [5.74, 6) is -0.503. The van der Waals surface area contributed by atoms with Gasteiger partial charge in [-0.15, -0.1) is 0 Å². The molecule has 1 N–H and O–H groups in total. The van der Waals surface area contributed by atoms with Crippen LogP contribution in [0.15, 0.2) is 60.8 Å². The number of pyridine rings is 1. The standard InChI is InChI=1S/C27H30N4O4/c32-24(12-11-20-7-2-1-3-8-20)30-16-13-21(14-17-30)27(23-10-4-5-15-28-23)25(33)31(26(34)29-27)19-22-9-6-18-35-22/h1-5,7-8,10-12,15,21-22H,6,9,13-14,16-19H2,(H,29,34)/b12-11+/t22-,27+/m0/s1. The molecule has 3 saturated heterocycles. The molecule has 4 heterocycles. The van der Waals surface area contributed by atoms with Gasteiger partial charge >= 0.3 is 6.03 Å². The van der Waals surface area contributed by atoms with Crippen LogP contribution >= 0.6 is 0 Å². The van der Waals surface area contributed by atoms with E-state index < -0.39 is 11.6 Å². The third kappa shape index (κ3) is 4.58. The predicted octanol–water partition coefficient (Wildman–Crippen LogP) is 2.96. The summed E-state index contributed by atoms with van der Waals surface area (Å²) in [4.78, 5) is 47.3. The highest BCUT2D eigenvalue weighted by Crippen LogP contribution is 2.41. The van der Waals surface area contributed by atoms with Crippen LogP contribution in [-0.2, 0) is 19.9 Å². The lowest BCUT2D eigenvalue weighted by Gasteiger charge is -2.40. The fraction of sp³-hybridized carbons (Fsp3) is 0.407. The van der Waals surface area contributed by atoms with E-state index in [1.807, 2.05) is 42.5 Å². The summed E-state index contributed by atoms with van der Waals surface area (Å²) in [5, 5.41) is 3.02. The number of hydrogen-bond donors (Lipinski definition) is 1. The van der Waals surface area contributed by atoms with Crippen molar-refractivity contribution in [2.75, 3.05) is 26.2 Å². The van der Waals surface area contributed by atoms with Crippen LogP contribution in [0.25, 0.3) is 6.08 Å². The van der Waals surface area contributed by atoms with Crippen LogP contribution in [0.1, 0.15) is 36.9 Å². The Labute approximate surface area is 205 Å². The maximum absolute atomic E-state index is 13.9. The second-order valence-electron chi connectivity index (χ2n) is 9.35. The molecule has 8 nitrogen and oxygen atoms in total. The third-order valence-corrected chi connectivity index (χ3v) is 7.25. The number of aromatic nitrogens is 1. The molecule has 2 aromatic rings. The number of nitrogens with one attached hydrogen (secondary N) is 1. The number of carbonyl (C=O) groups excluding carboxylic acids is 3. The van der Waals surface area contributed by atoms with Gasteiger partial charge in [0.15, 0.2) is 5.54 Å². The van der Waals surface area contributed by atoms with Crippen LogP contribution in [0.5, 0.6) is 0 Å². The van der Waals surface area contributed by atoms with E-state index in [9.17, 15) is 14.4 Å². The number of piperidine rings is 1. The third-order valence-electron chi connectivity index (χ3n) is 7.25. The van der Waals surface area contributed by atoms with Crippen LogP contribution in [-0.4, -0.2) is 65.0 Å². The number of imide groups is 1. The molecule has 0 radical (unpaired) electrons. The normalized spacial score (nSPS) is 25.4. The van der Waals surface area contributed by atoms with Crippen LogP contribution in [0.3, 0.4) is 0 Å². The van der Waals surface area contributed by atoms with Crippen molar-refractivity contribution in [3.63, 3.8) is 0 Å². The van der Waals surface area contributed by atoms with Gasteiger partial charge in [-0.05, 0) is 49.5 Å². The van der Waals surface area contributed by atoms with Crippen LogP contribution in [0.4, 0.5) is 4.79 Å². The number of rotatable bonds is 6. The first-order valence-electron chi connectivity index (χ1n) is 12.3. The SMILES string of the molecule is O=C(/C=C/c1ccccc1)N1CCC([C@]2(c3ccccn3)NC(=O)N(C[C@@H]3CCCO3)C2=O)CC1. The van der Waals surface area contributed by atoms with E-state index in [2.05, 4.69) is 10.3 Å². The van der Waals surface area contributed by atoms with Gasteiger partial charge in [-0.2, -0.15) is 0 Å². The number of carbonyl (C=O) groups is 3. The van der Waals surface area contributed by atoms with Crippen molar-refractivity contribution >= 4 is 23.9 Å². The van der Waals surface area contributed by atoms with E-state index in [4.69, 9.17) is 4.74 Å². The molecular formula is C27H30N4O4. The molecule has 2 atom stereocenters. The molecule has 0 aliphatic carbocycles. The molecule has 0 unspecified atom stereocenters. The minimum Gasteiger partial charge on any atom is -0.376 e. The summed E-state index contributed by atoms with van der Waals surface area (Å²) in [5.41, 5.74) is 0.281. The van der Waals surface area contributed by atoms with Crippen molar-refractivity contribution in [3.05, 3.63) is 72.1 Å². The average molecular weight is 475 g/mol. The maximum atomic E-state index is 13.9. The Morgan fingerprint density at radius 1 is 1.09 bits per heavy atom. The second kappa shape index (κ2) is 10.00. The predicted molar refractivity (Wildman–Crippen MR) is 130 cm³/mol. The van der Waals surface area contributed by atoms with E-state index in [-0.39, 0.29) is 30.4 Å². The molecule has 3 aliphatic rings.